The monoisotopic (exact) mass is 486 g/mol. The second-order valence-electron chi connectivity index (χ2n) is 7.55. The maximum Gasteiger partial charge on any atom is 0.256 e. The predicted molar refractivity (Wildman–Crippen MR) is 130 cm³/mol. The van der Waals surface area contributed by atoms with Gasteiger partial charge in [0.25, 0.3) is 5.91 Å². The summed E-state index contributed by atoms with van der Waals surface area (Å²) in [5.74, 6) is 1.21. The molecule has 0 bridgehead atoms. The zero-order chi connectivity index (χ0) is 24.9. The summed E-state index contributed by atoms with van der Waals surface area (Å²) in [7, 11) is -0.572. The lowest BCUT2D eigenvalue weighted by Gasteiger charge is -2.20. The number of hydrogen-bond acceptors (Lipinski definition) is 6. The number of nitrogens with one attached hydrogen (secondary N) is 1. The summed E-state index contributed by atoms with van der Waals surface area (Å²) in [5, 5.41) is 7.14. The Balaban J connectivity index is 1.87. The Hall–Kier alpha value is -3.37. The standard InChI is InChI=1S/C24H30N4O5S/c1-6-27(7-2)34(30,31)21-15-18(12-11-17(21)3)24(29)26-22-13-14-25-28(22)16-19-9-8-10-20(32-4)23(19)33-5/h8-15H,6-7,16H2,1-5H3,(H,26,29). The largest absolute Gasteiger partial charge is 0.493 e. The zero-order valence-corrected chi connectivity index (χ0v) is 20.8. The predicted octanol–water partition coefficient (Wildman–Crippen LogP) is 3.54. The van der Waals surface area contributed by atoms with Crippen molar-refractivity contribution in [2.75, 3.05) is 32.6 Å². The average Bonchev–Trinajstić information content (AvgIpc) is 3.25. The van der Waals surface area contributed by atoms with Crippen LogP contribution in [0.2, 0.25) is 0 Å². The molecule has 1 heterocycles. The van der Waals surface area contributed by atoms with E-state index in [1.807, 2.05) is 12.1 Å². The van der Waals surface area contributed by atoms with Gasteiger partial charge in [-0.25, -0.2) is 13.1 Å². The van der Waals surface area contributed by atoms with Crippen LogP contribution in [0.3, 0.4) is 0 Å². The molecular weight excluding hydrogens is 456 g/mol. The van der Waals surface area contributed by atoms with Gasteiger partial charge in [0, 0.05) is 30.3 Å². The van der Waals surface area contributed by atoms with E-state index in [9.17, 15) is 13.2 Å². The SMILES string of the molecule is CCN(CC)S(=O)(=O)c1cc(C(=O)Nc2ccnn2Cc2cccc(OC)c2OC)ccc1C. The first kappa shape index (κ1) is 25.3. The summed E-state index contributed by atoms with van der Waals surface area (Å²) in [6.07, 6.45) is 1.58. The number of amides is 1. The summed E-state index contributed by atoms with van der Waals surface area (Å²) in [6, 6.07) is 11.9. The van der Waals surface area contributed by atoms with Crippen molar-refractivity contribution < 1.29 is 22.7 Å². The number of aryl methyl sites for hydroxylation is 1. The lowest BCUT2D eigenvalue weighted by molar-refractivity contribution is 0.102. The summed E-state index contributed by atoms with van der Waals surface area (Å²) < 4.78 is 39.9. The highest BCUT2D eigenvalue weighted by molar-refractivity contribution is 7.89. The van der Waals surface area contributed by atoms with E-state index in [-0.39, 0.29) is 10.5 Å². The normalized spacial score (nSPS) is 11.5. The zero-order valence-electron chi connectivity index (χ0n) is 20.0. The number of hydrogen-bond donors (Lipinski definition) is 1. The molecule has 10 heteroatoms. The lowest BCUT2D eigenvalue weighted by Crippen LogP contribution is -2.31. The second-order valence-corrected chi connectivity index (χ2v) is 9.46. The Labute approximate surface area is 200 Å². The highest BCUT2D eigenvalue weighted by Gasteiger charge is 2.25. The minimum atomic E-state index is -3.70. The molecule has 3 rings (SSSR count). The number of carbonyl (C=O) groups is 1. The molecule has 2 aromatic carbocycles. The van der Waals surface area contributed by atoms with Gasteiger partial charge in [0.05, 0.1) is 31.9 Å². The van der Waals surface area contributed by atoms with E-state index >= 15 is 0 Å². The van der Waals surface area contributed by atoms with Crippen molar-refractivity contribution in [1.82, 2.24) is 14.1 Å². The van der Waals surface area contributed by atoms with Crippen LogP contribution < -0.4 is 14.8 Å². The molecule has 182 valence electrons. The Kier molecular flexibility index (Phi) is 7.95. The number of para-hydroxylation sites is 1. The minimum Gasteiger partial charge on any atom is -0.493 e. The van der Waals surface area contributed by atoms with Crippen molar-refractivity contribution in [2.24, 2.45) is 0 Å². The van der Waals surface area contributed by atoms with Crippen LogP contribution in [0, 0.1) is 6.92 Å². The number of methoxy groups -OCH3 is 2. The van der Waals surface area contributed by atoms with Crippen molar-refractivity contribution in [3.8, 4) is 11.5 Å². The molecule has 0 aliphatic heterocycles. The number of rotatable bonds is 10. The molecule has 3 aromatic rings. The number of anilines is 1. The molecule has 1 N–H and O–H groups in total. The van der Waals surface area contributed by atoms with E-state index in [4.69, 9.17) is 9.47 Å². The Morgan fingerprint density at radius 1 is 1.09 bits per heavy atom. The van der Waals surface area contributed by atoms with Crippen LogP contribution >= 0.6 is 0 Å². The smallest absolute Gasteiger partial charge is 0.256 e. The first-order valence-corrected chi connectivity index (χ1v) is 12.3. The van der Waals surface area contributed by atoms with E-state index in [1.54, 1.807) is 70.1 Å². The van der Waals surface area contributed by atoms with Crippen LogP contribution in [0.25, 0.3) is 0 Å². The van der Waals surface area contributed by atoms with E-state index in [0.29, 0.717) is 42.5 Å². The van der Waals surface area contributed by atoms with Gasteiger partial charge in [-0.05, 0) is 30.7 Å². The molecule has 0 fully saturated rings. The van der Waals surface area contributed by atoms with Crippen LogP contribution in [-0.4, -0.2) is 55.7 Å². The minimum absolute atomic E-state index is 0.124. The Morgan fingerprint density at radius 3 is 2.47 bits per heavy atom. The fourth-order valence-corrected chi connectivity index (χ4v) is 5.42. The number of nitrogens with zero attached hydrogens (tertiary/aromatic N) is 3. The van der Waals surface area contributed by atoms with Crippen molar-refractivity contribution in [1.29, 1.82) is 0 Å². The van der Waals surface area contributed by atoms with Crippen LogP contribution in [0.5, 0.6) is 11.5 Å². The van der Waals surface area contributed by atoms with Gasteiger partial charge in [-0.1, -0.05) is 32.0 Å². The maximum atomic E-state index is 13.0. The third-order valence-corrected chi connectivity index (χ3v) is 7.73. The molecule has 0 saturated heterocycles. The molecule has 0 spiro atoms. The van der Waals surface area contributed by atoms with E-state index < -0.39 is 15.9 Å². The third kappa shape index (κ3) is 5.07. The third-order valence-electron chi connectivity index (χ3n) is 5.54. The van der Waals surface area contributed by atoms with Crippen LogP contribution in [0.4, 0.5) is 5.82 Å². The molecule has 0 atom stereocenters. The van der Waals surface area contributed by atoms with E-state index in [2.05, 4.69) is 10.4 Å². The number of benzene rings is 2. The highest BCUT2D eigenvalue weighted by Crippen LogP contribution is 2.31. The Bertz CT molecular complexity index is 1270. The van der Waals surface area contributed by atoms with Crippen molar-refractivity contribution in [3.05, 3.63) is 65.4 Å². The van der Waals surface area contributed by atoms with E-state index in [0.717, 1.165) is 5.56 Å². The summed E-state index contributed by atoms with van der Waals surface area (Å²) in [4.78, 5) is 13.2. The molecule has 0 saturated carbocycles. The van der Waals surface area contributed by atoms with E-state index in [1.165, 1.54) is 10.4 Å². The van der Waals surface area contributed by atoms with Gasteiger partial charge in [0.1, 0.15) is 5.82 Å². The number of carbonyl (C=O) groups excluding carboxylic acids is 1. The van der Waals surface area contributed by atoms with Crippen molar-refractivity contribution in [2.45, 2.75) is 32.2 Å². The highest BCUT2D eigenvalue weighted by atomic mass is 32.2. The van der Waals surface area contributed by atoms with Gasteiger partial charge in [-0.2, -0.15) is 9.40 Å². The second kappa shape index (κ2) is 10.7. The molecular formula is C24H30N4O5S. The first-order chi connectivity index (χ1) is 16.3. The Morgan fingerprint density at radius 2 is 1.82 bits per heavy atom. The molecule has 0 aliphatic rings. The van der Waals surface area contributed by atoms with Gasteiger partial charge in [-0.15, -0.1) is 0 Å². The average molecular weight is 487 g/mol. The number of aromatic nitrogens is 2. The maximum absolute atomic E-state index is 13.0. The van der Waals surface area contributed by atoms with Gasteiger partial charge in [-0.3, -0.25) is 4.79 Å². The fourth-order valence-electron chi connectivity index (χ4n) is 3.71. The molecule has 0 radical (unpaired) electrons. The van der Waals surface area contributed by atoms with Crippen LogP contribution in [-0.2, 0) is 16.6 Å². The molecule has 9 nitrogen and oxygen atoms in total. The molecule has 0 unspecified atom stereocenters. The number of ether oxygens (including phenoxy) is 2. The van der Waals surface area contributed by atoms with Gasteiger partial charge in [0.2, 0.25) is 10.0 Å². The quantitative estimate of drug-likeness (QED) is 0.470. The molecule has 0 aliphatic carbocycles. The fraction of sp³-hybridized carbons (Fsp3) is 0.333. The van der Waals surface area contributed by atoms with Crippen LogP contribution in [0.15, 0.2) is 53.6 Å². The number of sulfonamides is 1. The van der Waals surface area contributed by atoms with Crippen molar-refractivity contribution >= 4 is 21.7 Å². The molecule has 1 aromatic heterocycles. The first-order valence-electron chi connectivity index (χ1n) is 10.9. The summed E-state index contributed by atoms with van der Waals surface area (Å²) in [6.45, 7) is 6.31. The summed E-state index contributed by atoms with van der Waals surface area (Å²) >= 11 is 0. The summed E-state index contributed by atoms with van der Waals surface area (Å²) in [5.41, 5.74) is 1.64. The lowest BCUT2D eigenvalue weighted by atomic mass is 10.1. The van der Waals surface area contributed by atoms with Gasteiger partial charge < -0.3 is 14.8 Å². The molecule has 34 heavy (non-hydrogen) atoms. The van der Waals surface area contributed by atoms with Gasteiger partial charge in [0.15, 0.2) is 11.5 Å². The topological polar surface area (TPSA) is 103 Å². The van der Waals surface area contributed by atoms with Crippen molar-refractivity contribution in [3.63, 3.8) is 0 Å². The van der Waals surface area contributed by atoms with Crippen LogP contribution in [0.1, 0.15) is 35.3 Å². The molecule has 1 amide bonds. The van der Waals surface area contributed by atoms with Gasteiger partial charge >= 0.3 is 0 Å².